The molecule has 1 unspecified atom stereocenters. The van der Waals surface area contributed by atoms with Crippen molar-refractivity contribution >= 4 is 39.5 Å². The van der Waals surface area contributed by atoms with Crippen molar-refractivity contribution in [3.8, 4) is 0 Å². The highest BCUT2D eigenvalue weighted by molar-refractivity contribution is 14.1. The van der Waals surface area contributed by atoms with Gasteiger partial charge in [0.15, 0.2) is 0 Å². The molecule has 0 spiro atoms. The van der Waals surface area contributed by atoms with Gasteiger partial charge >= 0.3 is 0 Å². The average molecular weight is 360 g/mol. The number of aliphatic hydroxyl groups excluding tert-OH is 1. The monoisotopic (exact) mass is 360 g/mol. The molecule has 0 bridgehead atoms. The number of aliphatic hydroxyl groups is 1. The molecule has 0 saturated heterocycles. The predicted octanol–water partition coefficient (Wildman–Crippen LogP) is 3.70. The van der Waals surface area contributed by atoms with E-state index >= 15 is 0 Å². The first-order valence-corrected chi connectivity index (χ1v) is 7.20. The lowest BCUT2D eigenvalue weighted by molar-refractivity contribution is -0.107. The lowest BCUT2D eigenvalue weighted by atomic mass is 9.96. The third kappa shape index (κ3) is 2.52. The van der Waals surface area contributed by atoms with Crippen LogP contribution in [0.3, 0.4) is 0 Å². The number of hydrogen-bond acceptors (Lipinski definition) is 3. The molecule has 0 fully saturated rings. The fourth-order valence-corrected chi connectivity index (χ4v) is 3.44. The standard InChI is InChI=1S/C13H13IO2S/c1-8-11(15)13(2,17-12(8)16)7-9-3-5-10(14)6-4-9/h3-6,15H,7H2,1-2H3. The SMILES string of the molecule is CC1=C(O)C(C)(Cc2ccc(I)cc2)SC1=O. The van der Waals surface area contributed by atoms with Gasteiger partial charge in [-0.05, 0) is 60.6 Å². The van der Waals surface area contributed by atoms with Gasteiger partial charge in [0.1, 0.15) is 5.76 Å². The molecule has 1 atom stereocenters. The minimum Gasteiger partial charge on any atom is -0.510 e. The molecule has 1 aliphatic heterocycles. The molecule has 1 aliphatic rings. The van der Waals surface area contributed by atoms with Crippen LogP contribution in [0.5, 0.6) is 0 Å². The largest absolute Gasteiger partial charge is 0.510 e. The van der Waals surface area contributed by atoms with E-state index in [4.69, 9.17) is 0 Å². The number of benzene rings is 1. The van der Waals surface area contributed by atoms with Gasteiger partial charge < -0.3 is 5.11 Å². The van der Waals surface area contributed by atoms with Gasteiger partial charge in [-0.1, -0.05) is 23.9 Å². The number of halogens is 1. The Labute approximate surface area is 119 Å². The van der Waals surface area contributed by atoms with Crippen LogP contribution in [0.25, 0.3) is 0 Å². The molecule has 4 heteroatoms. The first kappa shape index (κ1) is 13.0. The molecule has 1 heterocycles. The molecule has 2 nitrogen and oxygen atoms in total. The van der Waals surface area contributed by atoms with E-state index in [1.165, 1.54) is 15.3 Å². The first-order chi connectivity index (χ1) is 7.92. The number of carbonyl (C=O) groups is 1. The van der Waals surface area contributed by atoms with Crippen LogP contribution in [0, 0.1) is 3.57 Å². The lowest BCUT2D eigenvalue weighted by Crippen LogP contribution is -2.23. The smallest absolute Gasteiger partial charge is 0.219 e. The number of thioether (sulfide) groups is 1. The zero-order valence-corrected chi connectivity index (χ0v) is 12.6. The van der Waals surface area contributed by atoms with Crippen LogP contribution in [0.15, 0.2) is 35.6 Å². The van der Waals surface area contributed by atoms with Crippen molar-refractivity contribution < 1.29 is 9.90 Å². The second-order valence-electron chi connectivity index (χ2n) is 4.40. The van der Waals surface area contributed by atoms with Gasteiger partial charge in [-0.25, -0.2) is 0 Å². The van der Waals surface area contributed by atoms with E-state index in [0.717, 1.165) is 5.56 Å². The minimum atomic E-state index is -0.506. The lowest BCUT2D eigenvalue weighted by Gasteiger charge is -2.22. The fourth-order valence-electron chi connectivity index (χ4n) is 1.93. The van der Waals surface area contributed by atoms with Crippen LogP contribution in [0.2, 0.25) is 0 Å². The molecule has 0 aromatic heterocycles. The van der Waals surface area contributed by atoms with E-state index in [1.54, 1.807) is 6.92 Å². The molecule has 90 valence electrons. The predicted molar refractivity (Wildman–Crippen MR) is 79.2 cm³/mol. The molecule has 1 N–H and O–H groups in total. The second kappa shape index (κ2) is 4.65. The third-order valence-electron chi connectivity index (χ3n) is 2.93. The first-order valence-electron chi connectivity index (χ1n) is 5.30. The molecule has 0 radical (unpaired) electrons. The summed E-state index contributed by atoms with van der Waals surface area (Å²) in [6, 6.07) is 8.15. The summed E-state index contributed by atoms with van der Waals surface area (Å²) in [5.41, 5.74) is 1.62. The summed E-state index contributed by atoms with van der Waals surface area (Å²) < 4.78 is 0.677. The van der Waals surface area contributed by atoms with Crippen LogP contribution in [-0.2, 0) is 11.2 Å². The maximum absolute atomic E-state index is 11.6. The Morgan fingerprint density at radius 2 is 1.94 bits per heavy atom. The zero-order chi connectivity index (χ0) is 12.6. The molecule has 0 aliphatic carbocycles. The van der Waals surface area contributed by atoms with Crippen molar-refractivity contribution in [1.29, 1.82) is 0 Å². The maximum atomic E-state index is 11.6. The van der Waals surface area contributed by atoms with Crippen molar-refractivity contribution in [1.82, 2.24) is 0 Å². The van der Waals surface area contributed by atoms with E-state index in [9.17, 15) is 9.90 Å². The molecular weight excluding hydrogens is 347 g/mol. The van der Waals surface area contributed by atoms with Crippen LogP contribution >= 0.6 is 34.4 Å². The van der Waals surface area contributed by atoms with Gasteiger partial charge in [0.05, 0.1) is 4.75 Å². The van der Waals surface area contributed by atoms with E-state index < -0.39 is 4.75 Å². The van der Waals surface area contributed by atoms with E-state index in [-0.39, 0.29) is 10.9 Å². The highest BCUT2D eigenvalue weighted by Gasteiger charge is 2.41. The molecule has 0 amide bonds. The van der Waals surface area contributed by atoms with E-state index in [2.05, 4.69) is 22.6 Å². The quantitative estimate of drug-likeness (QED) is 0.818. The summed E-state index contributed by atoms with van der Waals surface area (Å²) in [5, 5.41) is 10.0. The van der Waals surface area contributed by atoms with Crippen LogP contribution in [0.1, 0.15) is 19.4 Å². The highest BCUT2D eigenvalue weighted by atomic mass is 127. The van der Waals surface area contributed by atoms with Crippen molar-refractivity contribution in [2.75, 3.05) is 0 Å². The number of rotatable bonds is 2. The fraction of sp³-hybridized carbons (Fsp3) is 0.308. The van der Waals surface area contributed by atoms with E-state index in [0.29, 0.717) is 12.0 Å². The summed E-state index contributed by atoms with van der Waals surface area (Å²) in [6.07, 6.45) is 0.670. The number of carbonyl (C=O) groups excluding carboxylic acids is 1. The summed E-state index contributed by atoms with van der Waals surface area (Å²) >= 11 is 3.48. The highest BCUT2D eigenvalue weighted by Crippen LogP contribution is 2.44. The summed E-state index contributed by atoms with van der Waals surface area (Å²) in [6.45, 7) is 3.60. The molecule has 1 aromatic carbocycles. The van der Waals surface area contributed by atoms with Gasteiger partial charge in [0, 0.05) is 9.14 Å². The van der Waals surface area contributed by atoms with Gasteiger partial charge in [0.25, 0.3) is 0 Å². The molecule has 2 rings (SSSR count). The number of hydrogen-bond donors (Lipinski definition) is 1. The van der Waals surface area contributed by atoms with E-state index in [1.807, 2.05) is 31.2 Å². The van der Waals surface area contributed by atoms with Gasteiger partial charge in [0.2, 0.25) is 5.12 Å². The normalized spacial score (nSPS) is 24.5. The Kier molecular flexibility index (Phi) is 3.54. The van der Waals surface area contributed by atoms with Crippen LogP contribution < -0.4 is 0 Å². The molecule has 1 aromatic rings. The Morgan fingerprint density at radius 3 is 2.41 bits per heavy atom. The average Bonchev–Trinajstić information content (AvgIpc) is 2.47. The maximum Gasteiger partial charge on any atom is 0.219 e. The van der Waals surface area contributed by atoms with Crippen molar-refractivity contribution in [2.45, 2.75) is 25.0 Å². The van der Waals surface area contributed by atoms with Gasteiger partial charge in [-0.15, -0.1) is 0 Å². The second-order valence-corrected chi connectivity index (χ2v) is 7.12. The summed E-state index contributed by atoms with van der Waals surface area (Å²) in [4.78, 5) is 11.6. The topological polar surface area (TPSA) is 37.3 Å². The van der Waals surface area contributed by atoms with Crippen LogP contribution in [-0.4, -0.2) is 15.0 Å². The third-order valence-corrected chi connectivity index (χ3v) is 4.93. The summed E-state index contributed by atoms with van der Waals surface area (Å²) in [7, 11) is 0. The van der Waals surface area contributed by atoms with Crippen molar-refractivity contribution in [3.63, 3.8) is 0 Å². The van der Waals surface area contributed by atoms with Gasteiger partial charge in [-0.3, -0.25) is 4.79 Å². The Morgan fingerprint density at radius 1 is 1.35 bits per heavy atom. The van der Waals surface area contributed by atoms with Crippen molar-refractivity contribution in [2.24, 2.45) is 0 Å². The van der Waals surface area contributed by atoms with Crippen molar-refractivity contribution in [3.05, 3.63) is 44.7 Å². The Balaban J connectivity index is 2.25. The Bertz CT molecular complexity index is 493. The Hall–Kier alpha value is -0.490. The molecular formula is C13H13IO2S. The van der Waals surface area contributed by atoms with Gasteiger partial charge in [-0.2, -0.15) is 0 Å². The van der Waals surface area contributed by atoms with Crippen LogP contribution in [0.4, 0.5) is 0 Å². The zero-order valence-electron chi connectivity index (χ0n) is 9.66. The molecule has 0 saturated carbocycles. The molecule has 17 heavy (non-hydrogen) atoms. The summed E-state index contributed by atoms with van der Waals surface area (Å²) in [5.74, 6) is 0.228. The minimum absolute atomic E-state index is 0.0180.